The maximum absolute atomic E-state index is 12.6. The highest BCUT2D eigenvalue weighted by molar-refractivity contribution is 6.37. The van der Waals surface area contributed by atoms with Gasteiger partial charge in [0.15, 0.2) is 5.75 Å². The van der Waals surface area contributed by atoms with Crippen LogP contribution < -0.4 is 4.74 Å². The van der Waals surface area contributed by atoms with Crippen molar-refractivity contribution in [1.29, 1.82) is 0 Å². The minimum absolute atomic E-state index is 0.234. The molecule has 0 aliphatic carbocycles. The molecule has 6 heteroatoms. The molecule has 1 saturated heterocycles. The first-order chi connectivity index (χ1) is 8.88. The first-order valence-corrected chi connectivity index (χ1v) is 6.56. The van der Waals surface area contributed by atoms with Gasteiger partial charge in [0.25, 0.3) is 5.91 Å². The Morgan fingerprint density at radius 2 is 2.00 bits per heavy atom. The second kappa shape index (κ2) is 5.19. The zero-order chi connectivity index (χ0) is 14.2. The molecule has 2 rings (SSSR count). The zero-order valence-electron chi connectivity index (χ0n) is 11.0. The fourth-order valence-corrected chi connectivity index (χ4v) is 2.50. The molecule has 0 spiro atoms. The van der Waals surface area contributed by atoms with Crippen LogP contribution in [0.1, 0.15) is 24.2 Å². The standard InChI is InChI=1S/C13H15Cl2NO3/c1-13(2)6-19-7-16(13)12(17)10-8(14)4-5-9(15)11(10)18-3/h4-5H,6-7H2,1-3H3. The van der Waals surface area contributed by atoms with E-state index in [-0.39, 0.29) is 23.7 Å². The third-order valence-electron chi connectivity index (χ3n) is 3.13. The van der Waals surface area contributed by atoms with Crippen LogP contribution in [0.5, 0.6) is 5.75 Å². The van der Waals surface area contributed by atoms with Crippen molar-refractivity contribution in [3.8, 4) is 5.75 Å². The van der Waals surface area contributed by atoms with Gasteiger partial charge in [-0.05, 0) is 26.0 Å². The molecule has 0 radical (unpaired) electrons. The lowest BCUT2D eigenvalue weighted by atomic mass is 10.0. The van der Waals surface area contributed by atoms with Crippen molar-refractivity contribution in [2.75, 3.05) is 20.4 Å². The molecule has 1 aromatic carbocycles. The van der Waals surface area contributed by atoms with E-state index in [0.717, 1.165) is 0 Å². The Bertz CT molecular complexity index is 517. The lowest BCUT2D eigenvalue weighted by Crippen LogP contribution is -2.44. The van der Waals surface area contributed by atoms with Crippen molar-refractivity contribution in [2.45, 2.75) is 19.4 Å². The van der Waals surface area contributed by atoms with Crippen LogP contribution in [0, 0.1) is 0 Å². The summed E-state index contributed by atoms with van der Waals surface area (Å²) in [4.78, 5) is 14.3. The van der Waals surface area contributed by atoms with Gasteiger partial charge in [-0.2, -0.15) is 0 Å². The summed E-state index contributed by atoms with van der Waals surface area (Å²) in [5, 5.41) is 0.669. The van der Waals surface area contributed by atoms with Gasteiger partial charge in [0.05, 0.1) is 29.3 Å². The molecule has 0 atom stereocenters. The molecule has 1 heterocycles. The molecular weight excluding hydrogens is 289 g/mol. The average molecular weight is 304 g/mol. The van der Waals surface area contributed by atoms with E-state index >= 15 is 0 Å². The number of halogens is 2. The third kappa shape index (κ3) is 2.53. The average Bonchev–Trinajstić information content (AvgIpc) is 2.70. The van der Waals surface area contributed by atoms with E-state index in [9.17, 15) is 4.79 Å². The molecule has 1 amide bonds. The second-order valence-corrected chi connectivity index (χ2v) is 5.78. The largest absolute Gasteiger partial charge is 0.494 e. The monoisotopic (exact) mass is 303 g/mol. The van der Waals surface area contributed by atoms with Crippen LogP contribution in [-0.2, 0) is 4.74 Å². The first-order valence-electron chi connectivity index (χ1n) is 5.80. The Labute approximate surface area is 122 Å². The normalized spacial score (nSPS) is 17.6. The van der Waals surface area contributed by atoms with E-state index in [2.05, 4.69) is 0 Å². The molecule has 4 nitrogen and oxygen atoms in total. The minimum atomic E-state index is -0.381. The van der Waals surface area contributed by atoms with E-state index in [0.29, 0.717) is 22.4 Å². The molecule has 0 N–H and O–H groups in total. The van der Waals surface area contributed by atoms with Gasteiger partial charge in [0.2, 0.25) is 0 Å². The Morgan fingerprint density at radius 3 is 2.53 bits per heavy atom. The highest BCUT2D eigenvalue weighted by atomic mass is 35.5. The number of ether oxygens (including phenoxy) is 2. The number of carbonyl (C=O) groups is 1. The van der Waals surface area contributed by atoms with Crippen molar-refractivity contribution in [2.24, 2.45) is 0 Å². The number of methoxy groups -OCH3 is 1. The molecule has 1 aliphatic rings. The van der Waals surface area contributed by atoms with Crippen LogP contribution in [0.3, 0.4) is 0 Å². The van der Waals surface area contributed by atoms with Crippen LogP contribution in [0.25, 0.3) is 0 Å². The fraction of sp³-hybridized carbons (Fsp3) is 0.462. The zero-order valence-corrected chi connectivity index (χ0v) is 12.5. The number of rotatable bonds is 2. The van der Waals surface area contributed by atoms with Gasteiger partial charge in [-0.3, -0.25) is 4.79 Å². The van der Waals surface area contributed by atoms with Crippen LogP contribution in [0.2, 0.25) is 10.0 Å². The van der Waals surface area contributed by atoms with E-state index in [1.165, 1.54) is 7.11 Å². The molecule has 19 heavy (non-hydrogen) atoms. The van der Waals surface area contributed by atoms with Gasteiger partial charge in [-0.25, -0.2) is 0 Å². The summed E-state index contributed by atoms with van der Waals surface area (Å²) in [6.07, 6.45) is 0. The number of benzene rings is 1. The van der Waals surface area contributed by atoms with Crippen molar-refractivity contribution in [3.05, 3.63) is 27.7 Å². The molecule has 1 aromatic rings. The molecule has 0 aromatic heterocycles. The van der Waals surface area contributed by atoms with E-state index < -0.39 is 0 Å². The number of carbonyl (C=O) groups excluding carboxylic acids is 1. The van der Waals surface area contributed by atoms with Gasteiger partial charge in [0, 0.05) is 0 Å². The molecule has 1 aliphatic heterocycles. The van der Waals surface area contributed by atoms with Gasteiger partial charge in [-0.15, -0.1) is 0 Å². The quantitative estimate of drug-likeness (QED) is 0.842. The summed E-state index contributed by atoms with van der Waals surface area (Å²) in [6.45, 7) is 4.59. The van der Waals surface area contributed by atoms with Gasteiger partial charge >= 0.3 is 0 Å². The summed E-state index contributed by atoms with van der Waals surface area (Å²) >= 11 is 12.2. The Balaban J connectivity index is 2.47. The molecule has 0 unspecified atom stereocenters. The summed E-state index contributed by atoms with van der Waals surface area (Å²) in [6, 6.07) is 3.19. The lowest BCUT2D eigenvalue weighted by Gasteiger charge is -2.29. The summed E-state index contributed by atoms with van der Waals surface area (Å²) in [7, 11) is 1.46. The fourth-order valence-electron chi connectivity index (χ4n) is 2.04. The molecule has 0 saturated carbocycles. The van der Waals surface area contributed by atoms with E-state index in [1.807, 2.05) is 13.8 Å². The Hall–Kier alpha value is -0.970. The Morgan fingerprint density at radius 1 is 1.37 bits per heavy atom. The minimum Gasteiger partial charge on any atom is -0.494 e. The maximum atomic E-state index is 12.6. The Kier molecular flexibility index (Phi) is 3.95. The highest BCUT2D eigenvalue weighted by Gasteiger charge is 2.38. The maximum Gasteiger partial charge on any atom is 0.261 e. The van der Waals surface area contributed by atoms with Crippen LogP contribution in [0.15, 0.2) is 12.1 Å². The van der Waals surface area contributed by atoms with Crippen molar-refractivity contribution in [3.63, 3.8) is 0 Å². The smallest absolute Gasteiger partial charge is 0.261 e. The van der Waals surface area contributed by atoms with Gasteiger partial charge in [-0.1, -0.05) is 23.2 Å². The predicted octanol–water partition coefficient (Wildman–Crippen LogP) is 3.21. The number of hydrogen-bond donors (Lipinski definition) is 0. The number of hydrogen-bond acceptors (Lipinski definition) is 3. The lowest BCUT2D eigenvalue weighted by molar-refractivity contribution is 0.0602. The van der Waals surface area contributed by atoms with Gasteiger partial charge < -0.3 is 14.4 Å². The first kappa shape index (κ1) is 14.4. The molecule has 0 bridgehead atoms. The number of nitrogens with zero attached hydrogens (tertiary/aromatic N) is 1. The SMILES string of the molecule is COc1c(Cl)ccc(Cl)c1C(=O)N1COCC1(C)C. The van der Waals surface area contributed by atoms with Crippen LogP contribution in [0.4, 0.5) is 0 Å². The predicted molar refractivity (Wildman–Crippen MR) is 74.1 cm³/mol. The van der Waals surface area contributed by atoms with Gasteiger partial charge in [0.1, 0.15) is 12.3 Å². The van der Waals surface area contributed by atoms with Crippen LogP contribution in [-0.4, -0.2) is 36.8 Å². The van der Waals surface area contributed by atoms with Crippen molar-refractivity contribution in [1.82, 2.24) is 4.90 Å². The van der Waals surface area contributed by atoms with Crippen molar-refractivity contribution >= 4 is 29.1 Å². The third-order valence-corrected chi connectivity index (χ3v) is 3.74. The van der Waals surface area contributed by atoms with Crippen molar-refractivity contribution < 1.29 is 14.3 Å². The summed E-state index contributed by atoms with van der Waals surface area (Å²) in [5.41, 5.74) is -0.108. The second-order valence-electron chi connectivity index (χ2n) is 4.96. The number of amides is 1. The summed E-state index contributed by atoms with van der Waals surface area (Å²) in [5.74, 6) is 0.0497. The molecule has 104 valence electrons. The summed E-state index contributed by atoms with van der Waals surface area (Å²) < 4.78 is 10.5. The van der Waals surface area contributed by atoms with E-state index in [1.54, 1.807) is 17.0 Å². The van der Waals surface area contributed by atoms with Crippen LogP contribution >= 0.6 is 23.2 Å². The highest BCUT2D eigenvalue weighted by Crippen LogP contribution is 2.36. The molecular formula is C13H15Cl2NO3. The van der Waals surface area contributed by atoms with E-state index in [4.69, 9.17) is 32.7 Å². The molecule has 1 fully saturated rings. The topological polar surface area (TPSA) is 38.8 Å².